The van der Waals surface area contributed by atoms with Crippen molar-refractivity contribution in [1.29, 1.82) is 0 Å². The Morgan fingerprint density at radius 2 is 1.43 bits per heavy atom. The van der Waals surface area contributed by atoms with E-state index in [1.54, 1.807) is 23.1 Å². The Morgan fingerprint density at radius 3 is 2.11 bits per heavy atom. The summed E-state index contributed by atoms with van der Waals surface area (Å²) in [6, 6.07) is 25.0. The minimum Gasteiger partial charge on any atom is -0.347 e. The average molecular weight is 376 g/mol. The van der Waals surface area contributed by atoms with Crippen molar-refractivity contribution in [3.8, 4) is 0 Å². The fourth-order valence-electron chi connectivity index (χ4n) is 2.84. The van der Waals surface area contributed by atoms with E-state index in [0.717, 1.165) is 11.3 Å². The first kappa shape index (κ1) is 19.3. The number of nitrogens with one attached hydrogen (secondary N) is 1. The molecule has 1 N–H and O–H groups in total. The van der Waals surface area contributed by atoms with Crippen molar-refractivity contribution in [2.45, 2.75) is 13.0 Å². The molecule has 3 aromatic carbocycles. The van der Waals surface area contributed by atoms with Crippen LogP contribution in [0, 0.1) is 5.82 Å². The lowest BCUT2D eigenvalue weighted by molar-refractivity contribution is -0.124. The van der Waals surface area contributed by atoms with Gasteiger partial charge in [-0.1, -0.05) is 66.7 Å². The second-order valence-corrected chi connectivity index (χ2v) is 6.35. The summed E-state index contributed by atoms with van der Waals surface area (Å²) in [6.07, 6.45) is -0.107. The summed E-state index contributed by atoms with van der Waals surface area (Å²) in [6.45, 7) is 0.238. The number of hydrogen-bond acceptors (Lipinski definition) is 2. The molecule has 0 unspecified atom stereocenters. The number of rotatable bonds is 7. The first-order chi connectivity index (χ1) is 13.6. The molecule has 0 saturated carbocycles. The number of anilines is 1. The van der Waals surface area contributed by atoms with E-state index in [9.17, 15) is 14.0 Å². The predicted octanol–water partition coefficient (Wildman–Crippen LogP) is 3.72. The van der Waals surface area contributed by atoms with E-state index in [0.29, 0.717) is 12.1 Å². The quantitative estimate of drug-likeness (QED) is 0.683. The van der Waals surface area contributed by atoms with Crippen LogP contribution in [-0.4, -0.2) is 18.4 Å². The molecule has 5 heteroatoms. The van der Waals surface area contributed by atoms with Crippen LogP contribution in [0.5, 0.6) is 0 Å². The molecule has 0 spiro atoms. The van der Waals surface area contributed by atoms with E-state index < -0.39 is 11.7 Å². The summed E-state index contributed by atoms with van der Waals surface area (Å²) in [5.41, 5.74) is 2.04. The number of benzene rings is 3. The molecule has 3 aromatic rings. The maximum absolute atomic E-state index is 13.7. The van der Waals surface area contributed by atoms with E-state index >= 15 is 0 Å². The van der Waals surface area contributed by atoms with Crippen LogP contribution in [0.2, 0.25) is 0 Å². The number of para-hydroxylation sites is 1. The highest BCUT2D eigenvalue weighted by atomic mass is 19.1. The molecular weight excluding hydrogens is 355 g/mol. The summed E-state index contributed by atoms with van der Waals surface area (Å²) in [5, 5.41) is 2.60. The SMILES string of the molecule is O=C(Cc1ccccc1F)NCC(=O)N(Cc1ccccc1)c1ccccc1. The van der Waals surface area contributed by atoms with Gasteiger partial charge < -0.3 is 10.2 Å². The van der Waals surface area contributed by atoms with E-state index in [1.807, 2.05) is 60.7 Å². The normalized spacial score (nSPS) is 10.3. The third kappa shape index (κ3) is 5.27. The fourth-order valence-corrected chi connectivity index (χ4v) is 2.84. The van der Waals surface area contributed by atoms with Gasteiger partial charge in [-0.15, -0.1) is 0 Å². The van der Waals surface area contributed by atoms with Gasteiger partial charge in [0.05, 0.1) is 19.5 Å². The molecule has 0 saturated heterocycles. The zero-order valence-corrected chi connectivity index (χ0v) is 15.3. The maximum atomic E-state index is 13.7. The Kier molecular flexibility index (Phi) is 6.52. The van der Waals surface area contributed by atoms with Crippen LogP contribution in [0.25, 0.3) is 0 Å². The number of halogens is 1. The van der Waals surface area contributed by atoms with Crippen LogP contribution < -0.4 is 10.2 Å². The number of hydrogen-bond donors (Lipinski definition) is 1. The monoisotopic (exact) mass is 376 g/mol. The number of carbonyl (C=O) groups is 2. The topological polar surface area (TPSA) is 49.4 Å². The van der Waals surface area contributed by atoms with Crippen molar-refractivity contribution >= 4 is 17.5 Å². The highest BCUT2D eigenvalue weighted by Gasteiger charge is 2.17. The Bertz CT molecular complexity index is 930. The fraction of sp³-hybridized carbons (Fsp3) is 0.130. The molecule has 0 radical (unpaired) electrons. The molecule has 0 bridgehead atoms. The molecule has 3 rings (SSSR count). The molecular formula is C23H21FN2O2. The second-order valence-electron chi connectivity index (χ2n) is 6.35. The van der Waals surface area contributed by atoms with Gasteiger partial charge in [0.2, 0.25) is 11.8 Å². The van der Waals surface area contributed by atoms with E-state index in [2.05, 4.69) is 5.32 Å². The number of nitrogens with zero attached hydrogens (tertiary/aromatic N) is 1. The van der Waals surface area contributed by atoms with E-state index in [-0.39, 0.29) is 18.9 Å². The third-order valence-corrected chi connectivity index (χ3v) is 4.30. The number of carbonyl (C=O) groups excluding carboxylic acids is 2. The van der Waals surface area contributed by atoms with Crippen molar-refractivity contribution in [1.82, 2.24) is 5.32 Å². The minimum atomic E-state index is -0.432. The van der Waals surface area contributed by atoms with Crippen molar-refractivity contribution in [2.24, 2.45) is 0 Å². The van der Waals surface area contributed by atoms with Gasteiger partial charge in [-0.2, -0.15) is 0 Å². The first-order valence-electron chi connectivity index (χ1n) is 9.03. The first-order valence-corrected chi connectivity index (χ1v) is 9.03. The van der Waals surface area contributed by atoms with Gasteiger partial charge in [0.1, 0.15) is 5.82 Å². The zero-order valence-electron chi connectivity index (χ0n) is 15.3. The molecule has 2 amide bonds. The molecule has 0 aromatic heterocycles. The minimum absolute atomic E-state index is 0.107. The molecule has 4 nitrogen and oxygen atoms in total. The maximum Gasteiger partial charge on any atom is 0.246 e. The smallest absolute Gasteiger partial charge is 0.246 e. The van der Waals surface area contributed by atoms with Gasteiger partial charge in [0.25, 0.3) is 0 Å². The van der Waals surface area contributed by atoms with Crippen LogP contribution in [0.3, 0.4) is 0 Å². The number of amides is 2. The summed E-state index contributed by atoms with van der Waals surface area (Å²) >= 11 is 0. The lowest BCUT2D eigenvalue weighted by Gasteiger charge is -2.23. The Labute approximate surface area is 163 Å². The van der Waals surface area contributed by atoms with Crippen molar-refractivity contribution in [2.75, 3.05) is 11.4 Å². The summed E-state index contributed by atoms with van der Waals surface area (Å²) in [7, 11) is 0. The Morgan fingerprint density at radius 1 is 0.821 bits per heavy atom. The van der Waals surface area contributed by atoms with Crippen LogP contribution >= 0.6 is 0 Å². The van der Waals surface area contributed by atoms with Gasteiger partial charge in [-0.25, -0.2) is 4.39 Å². The molecule has 142 valence electrons. The predicted molar refractivity (Wildman–Crippen MR) is 107 cm³/mol. The highest BCUT2D eigenvalue weighted by molar-refractivity contribution is 5.96. The van der Waals surface area contributed by atoms with Gasteiger partial charge >= 0.3 is 0 Å². The summed E-state index contributed by atoms with van der Waals surface area (Å²) in [4.78, 5) is 26.6. The Hall–Kier alpha value is -3.47. The van der Waals surface area contributed by atoms with Gasteiger partial charge in [0, 0.05) is 5.69 Å². The van der Waals surface area contributed by atoms with E-state index in [4.69, 9.17) is 0 Å². The largest absolute Gasteiger partial charge is 0.347 e. The van der Waals surface area contributed by atoms with Crippen LogP contribution in [0.15, 0.2) is 84.9 Å². The lowest BCUT2D eigenvalue weighted by atomic mass is 10.1. The van der Waals surface area contributed by atoms with E-state index in [1.165, 1.54) is 6.07 Å². The van der Waals surface area contributed by atoms with Crippen molar-refractivity contribution < 1.29 is 14.0 Å². The van der Waals surface area contributed by atoms with Gasteiger partial charge in [-0.05, 0) is 29.3 Å². The molecule has 28 heavy (non-hydrogen) atoms. The third-order valence-electron chi connectivity index (χ3n) is 4.30. The van der Waals surface area contributed by atoms with Gasteiger partial charge in [0.15, 0.2) is 0 Å². The second kappa shape index (κ2) is 9.46. The van der Waals surface area contributed by atoms with Crippen LogP contribution in [-0.2, 0) is 22.6 Å². The van der Waals surface area contributed by atoms with Gasteiger partial charge in [-0.3, -0.25) is 9.59 Å². The molecule has 0 fully saturated rings. The molecule has 0 aliphatic carbocycles. The van der Waals surface area contributed by atoms with Crippen LogP contribution in [0.4, 0.5) is 10.1 Å². The molecule has 0 heterocycles. The molecule has 0 atom stereocenters. The molecule has 0 aliphatic heterocycles. The van der Waals surface area contributed by atoms with Crippen molar-refractivity contribution in [3.63, 3.8) is 0 Å². The standard InChI is InChI=1S/C23H21FN2O2/c24-21-14-8-7-11-19(21)15-22(27)25-16-23(28)26(20-12-5-2-6-13-20)17-18-9-3-1-4-10-18/h1-14H,15-17H2,(H,25,27). The Balaban J connectivity index is 1.66. The van der Waals surface area contributed by atoms with Crippen molar-refractivity contribution in [3.05, 3.63) is 102 Å². The summed E-state index contributed by atoms with van der Waals surface area (Å²) < 4.78 is 13.7. The molecule has 0 aliphatic rings. The summed E-state index contributed by atoms with van der Waals surface area (Å²) in [5.74, 6) is -1.07. The highest BCUT2D eigenvalue weighted by Crippen LogP contribution is 2.17. The zero-order chi connectivity index (χ0) is 19.8. The lowest BCUT2D eigenvalue weighted by Crippen LogP contribution is -2.40. The average Bonchev–Trinajstić information content (AvgIpc) is 2.73. The van der Waals surface area contributed by atoms with Crippen LogP contribution in [0.1, 0.15) is 11.1 Å².